The van der Waals surface area contributed by atoms with Crippen LogP contribution in [0.15, 0.2) is 77.4 Å². The number of hydrogen-bond acceptors (Lipinski definition) is 5. The number of aryl methyl sites for hydroxylation is 2. The summed E-state index contributed by atoms with van der Waals surface area (Å²) >= 11 is 0. The standard InChI is InChI=1S/C26H23N3O4/c1-16-7-8-17(2)22(13-16)23-15-33-24(29-23)18-9-11-20(12-10-18)27-26(31)28-21-6-4-5-19(14-21)25(30)32-3/h4-15H,1-3H3,(H2,27,28,31). The van der Waals surface area contributed by atoms with Gasteiger partial charge in [-0.25, -0.2) is 14.6 Å². The third-order valence-electron chi connectivity index (χ3n) is 5.10. The van der Waals surface area contributed by atoms with Crippen LogP contribution < -0.4 is 10.6 Å². The first-order valence-corrected chi connectivity index (χ1v) is 10.3. The smallest absolute Gasteiger partial charge is 0.337 e. The molecule has 33 heavy (non-hydrogen) atoms. The molecule has 7 nitrogen and oxygen atoms in total. The zero-order valence-electron chi connectivity index (χ0n) is 18.5. The third-order valence-corrected chi connectivity index (χ3v) is 5.10. The zero-order chi connectivity index (χ0) is 23.4. The van der Waals surface area contributed by atoms with Gasteiger partial charge in [0, 0.05) is 22.5 Å². The Labute approximate surface area is 191 Å². The number of esters is 1. The number of amides is 2. The number of methoxy groups -OCH3 is 1. The Balaban J connectivity index is 1.43. The van der Waals surface area contributed by atoms with Crippen LogP contribution in [-0.2, 0) is 4.74 Å². The molecule has 1 heterocycles. The number of nitrogens with one attached hydrogen (secondary N) is 2. The number of carbonyl (C=O) groups is 2. The summed E-state index contributed by atoms with van der Waals surface area (Å²) in [6.45, 7) is 4.09. The summed E-state index contributed by atoms with van der Waals surface area (Å²) in [5.41, 5.74) is 6.33. The fourth-order valence-electron chi connectivity index (χ4n) is 3.37. The second kappa shape index (κ2) is 9.40. The fourth-order valence-corrected chi connectivity index (χ4v) is 3.37. The van der Waals surface area contributed by atoms with Crippen LogP contribution in [0.3, 0.4) is 0 Å². The molecule has 3 aromatic carbocycles. The summed E-state index contributed by atoms with van der Waals surface area (Å²) < 4.78 is 10.4. The molecule has 0 aliphatic rings. The van der Waals surface area contributed by atoms with E-state index >= 15 is 0 Å². The number of benzene rings is 3. The van der Waals surface area contributed by atoms with Gasteiger partial charge in [-0.15, -0.1) is 0 Å². The van der Waals surface area contributed by atoms with Crippen molar-refractivity contribution in [1.82, 2.24) is 4.98 Å². The first-order valence-electron chi connectivity index (χ1n) is 10.3. The molecule has 0 spiro atoms. The maximum atomic E-state index is 12.3. The molecule has 2 amide bonds. The van der Waals surface area contributed by atoms with Crippen LogP contribution in [0.5, 0.6) is 0 Å². The van der Waals surface area contributed by atoms with Gasteiger partial charge < -0.3 is 19.8 Å². The van der Waals surface area contributed by atoms with Crippen molar-refractivity contribution < 1.29 is 18.7 Å². The topological polar surface area (TPSA) is 93.5 Å². The van der Waals surface area contributed by atoms with E-state index in [0.717, 1.165) is 27.9 Å². The molecule has 4 rings (SSSR count). The predicted octanol–water partition coefficient (Wildman–Crippen LogP) is 6.06. The van der Waals surface area contributed by atoms with Gasteiger partial charge >= 0.3 is 12.0 Å². The van der Waals surface area contributed by atoms with Crippen molar-refractivity contribution in [2.24, 2.45) is 0 Å². The van der Waals surface area contributed by atoms with Crippen LogP contribution in [0, 0.1) is 13.8 Å². The van der Waals surface area contributed by atoms with Crippen LogP contribution >= 0.6 is 0 Å². The first kappa shape index (κ1) is 21.8. The Hall–Kier alpha value is -4.39. The lowest BCUT2D eigenvalue weighted by Gasteiger charge is -2.09. The van der Waals surface area contributed by atoms with Crippen LogP contribution in [0.25, 0.3) is 22.7 Å². The van der Waals surface area contributed by atoms with Crippen molar-refractivity contribution in [3.05, 3.63) is 89.7 Å². The molecule has 0 atom stereocenters. The van der Waals surface area contributed by atoms with Crippen molar-refractivity contribution in [1.29, 1.82) is 0 Å². The Morgan fingerprint density at radius 2 is 1.67 bits per heavy atom. The van der Waals surface area contributed by atoms with E-state index in [-0.39, 0.29) is 0 Å². The van der Waals surface area contributed by atoms with Gasteiger partial charge in [-0.1, -0.05) is 23.8 Å². The molecule has 0 saturated heterocycles. The molecular weight excluding hydrogens is 418 g/mol. The average Bonchev–Trinajstić information content (AvgIpc) is 3.31. The van der Waals surface area contributed by atoms with Crippen LogP contribution in [0.1, 0.15) is 21.5 Å². The van der Waals surface area contributed by atoms with E-state index in [1.165, 1.54) is 7.11 Å². The van der Waals surface area contributed by atoms with Gasteiger partial charge in [0.05, 0.1) is 12.7 Å². The van der Waals surface area contributed by atoms with Crippen molar-refractivity contribution in [2.75, 3.05) is 17.7 Å². The predicted molar refractivity (Wildman–Crippen MR) is 127 cm³/mol. The summed E-state index contributed by atoms with van der Waals surface area (Å²) in [5.74, 6) is 0.0310. The van der Waals surface area contributed by atoms with Gasteiger partial charge in [0.2, 0.25) is 5.89 Å². The van der Waals surface area contributed by atoms with Gasteiger partial charge in [0.15, 0.2) is 0 Å². The molecule has 1 aromatic heterocycles. The molecule has 4 aromatic rings. The number of anilines is 2. The number of ether oxygens (including phenoxy) is 1. The van der Waals surface area contributed by atoms with E-state index in [0.29, 0.717) is 22.8 Å². The normalized spacial score (nSPS) is 10.5. The number of rotatable bonds is 5. The highest BCUT2D eigenvalue weighted by molar-refractivity contribution is 6.00. The minimum atomic E-state index is -0.470. The Bertz CT molecular complexity index is 1310. The average molecular weight is 441 g/mol. The summed E-state index contributed by atoms with van der Waals surface area (Å²) in [7, 11) is 1.31. The number of urea groups is 1. The summed E-state index contributed by atoms with van der Waals surface area (Å²) in [6.07, 6.45) is 1.65. The second-order valence-electron chi connectivity index (χ2n) is 7.59. The monoisotopic (exact) mass is 441 g/mol. The maximum absolute atomic E-state index is 12.3. The van der Waals surface area contributed by atoms with E-state index in [1.54, 1.807) is 42.7 Å². The van der Waals surface area contributed by atoms with Crippen LogP contribution in [-0.4, -0.2) is 24.1 Å². The van der Waals surface area contributed by atoms with Gasteiger partial charge in [-0.3, -0.25) is 0 Å². The molecule has 0 aliphatic heterocycles. The van der Waals surface area contributed by atoms with E-state index in [2.05, 4.69) is 33.8 Å². The van der Waals surface area contributed by atoms with E-state index in [4.69, 9.17) is 9.15 Å². The highest BCUT2D eigenvalue weighted by atomic mass is 16.5. The lowest BCUT2D eigenvalue weighted by Crippen LogP contribution is -2.19. The lowest BCUT2D eigenvalue weighted by molar-refractivity contribution is 0.0600. The largest absolute Gasteiger partial charge is 0.465 e. The quantitative estimate of drug-likeness (QED) is 0.367. The molecule has 0 unspecified atom stereocenters. The zero-order valence-corrected chi connectivity index (χ0v) is 18.5. The second-order valence-corrected chi connectivity index (χ2v) is 7.59. The molecule has 2 N–H and O–H groups in total. The lowest BCUT2D eigenvalue weighted by atomic mass is 10.0. The minimum absolute atomic E-state index is 0.353. The van der Waals surface area contributed by atoms with Crippen molar-refractivity contribution in [3.8, 4) is 22.7 Å². The Morgan fingerprint density at radius 1 is 0.909 bits per heavy atom. The molecule has 0 bridgehead atoms. The highest BCUT2D eigenvalue weighted by Crippen LogP contribution is 2.28. The van der Waals surface area contributed by atoms with Crippen molar-refractivity contribution >= 4 is 23.4 Å². The van der Waals surface area contributed by atoms with E-state index < -0.39 is 12.0 Å². The fraction of sp³-hybridized carbons (Fsp3) is 0.115. The minimum Gasteiger partial charge on any atom is -0.465 e. The van der Waals surface area contributed by atoms with Gasteiger partial charge in [-0.05, 0) is 67.9 Å². The van der Waals surface area contributed by atoms with Crippen LogP contribution in [0.4, 0.5) is 16.2 Å². The SMILES string of the molecule is COC(=O)c1cccc(NC(=O)Nc2ccc(-c3nc(-c4cc(C)ccc4C)co3)cc2)c1. The van der Waals surface area contributed by atoms with Crippen molar-refractivity contribution in [2.45, 2.75) is 13.8 Å². The van der Waals surface area contributed by atoms with Gasteiger partial charge in [0.25, 0.3) is 0 Å². The van der Waals surface area contributed by atoms with Crippen molar-refractivity contribution in [3.63, 3.8) is 0 Å². The van der Waals surface area contributed by atoms with Gasteiger partial charge in [-0.2, -0.15) is 0 Å². The number of oxazole rings is 1. The number of nitrogens with zero attached hydrogens (tertiary/aromatic N) is 1. The first-order chi connectivity index (χ1) is 15.9. The van der Waals surface area contributed by atoms with Crippen LogP contribution in [0.2, 0.25) is 0 Å². The molecule has 0 fully saturated rings. The van der Waals surface area contributed by atoms with Gasteiger partial charge in [0.1, 0.15) is 12.0 Å². The number of carbonyl (C=O) groups excluding carboxylic acids is 2. The summed E-state index contributed by atoms with van der Waals surface area (Å²) in [4.78, 5) is 28.6. The highest BCUT2D eigenvalue weighted by Gasteiger charge is 2.12. The number of hydrogen-bond donors (Lipinski definition) is 2. The maximum Gasteiger partial charge on any atom is 0.337 e. The van der Waals surface area contributed by atoms with E-state index in [1.807, 2.05) is 26.0 Å². The Kier molecular flexibility index (Phi) is 6.22. The molecule has 0 aliphatic carbocycles. The molecule has 7 heteroatoms. The Morgan fingerprint density at radius 3 is 2.42 bits per heavy atom. The molecule has 0 saturated carbocycles. The molecule has 166 valence electrons. The van der Waals surface area contributed by atoms with E-state index in [9.17, 15) is 9.59 Å². The summed E-state index contributed by atoms with van der Waals surface area (Å²) in [5, 5.41) is 5.46. The molecular formula is C26H23N3O4. The number of aromatic nitrogens is 1. The summed E-state index contributed by atoms with van der Waals surface area (Å²) in [6, 6.07) is 19.5. The molecule has 0 radical (unpaired) electrons. The third kappa shape index (κ3) is 5.10.